The molecule has 1 fully saturated rings. The van der Waals surface area contributed by atoms with Crippen LogP contribution in [-0.2, 0) is 4.79 Å². The summed E-state index contributed by atoms with van der Waals surface area (Å²) >= 11 is 0. The second-order valence-electron chi connectivity index (χ2n) is 4.01. The molecule has 0 aromatic rings. The lowest BCUT2D eigenvalue weighted by Crippen LogP contribution is -2.41. The normalized spacial score (nSPS) is 16.6. The number of nitriles is 1. The predicted octanol–water partition coefficient (Wildman–Crippen LogP) is 0.891. The Morgan fingerprint density at radius 3 is 2.73 bits per heavy atom. The molecule has 1 amide bonds. The van der Waals surface area contributed by atoms with Gasteiger partial charge in [-0.25, -0.2) is 0 Å². The van der Waals surface area contributed by atoms with Gasteiger partial charge in [0, 0.05) is 6.04 Å². The molecule has 0 atom stereocenters. The summed E-state index contributed by atoms with van der Waals surface area (Å²) in [5.41, 5.74) is 0. The zero-order valence-electron chi connectivity index (χ0n) is 9.33. The van der Waals surface area contributed by atoms with Crippen molar-refractivity contribution in [1.29, 1.82) is 5.26 Å². The number of rotatable bonds is 5. The van der Waals surface area contributed by atoms with Crippen molar-refractivity contribution in [1.82, 2.24) is 10.2 Å². The molecule has 0 radical (unpaired) electrons. The minimum atomic E-state index is 0.0546. The van der Waals surface area contributed by atoms with Crippen molar-refractivity contribution in [2.24, 2.45) is 0 Å². The van der Waals surface area contributed by atoms with Gasteiger partial charge in [0.05, 0.1) is 19.2 Å². The van der Waals surface area contributed by atoms with E-state index in [9.17, 15) is 4.79 Å². The lowest BCUT2D eigenvalue weighted by atomic mass is 10.2. The van der Waals surface area contributed by atoms with E-state index in [2.05, 4.69) is 11.4 Å². The van der Waals surface area contributed by atoms with Crippen LogP contribution in [0.15, 0.2) is 0 Å². The monoisotopic (exact) mass is 209 g/mol. The Morgan fingerprint density at radius 2 is 2.20 bits per heavy atom. The van der Waals surface area contributed by atoms with Crippen molar-refractivity contribution in [3.63, 3.8) is 0 Å². The molecule has 1 saturated carbocycles. The third-order valence-corrected chi connectivity index (χ3v) is 2.83. The number of nitrogens with one attached hydrogen (secondary N) is 1. The van der Waals surface area contributed by atoms with Crippen LogP contribution in [-0.4, -0.2) is 36.5 Å². The molecule has 0 aliphatic heterocycles. The predicted molar refractivity (Wildman–Crippen MR) is 58.1 cm³/mol. The van der Waals surface area contributed by atoms with Crippen molar-refractivity contribution in [3.8, 4) is 6.07 Å². The van der Waals surface area contributed by atoms with E-state index >= 15 is 0 Å². The molecule has 4 nitrogen and oxygen atoms in total. The number of amides is 1. The highest BCUT2D eigenvalue weighted by molar-refractivity contribution is 5.78. The van der Waals surface area contributed by atoms with Gasteiger partial charge < -0.3 is 5.32 Å². The second-order valence-corrected chi connectivity index (χ2v) is 4.01. The molecule has 1 N–H and O–H groups in total. The van der Waals surface area contributed by atoms with Crippen molar-refractivity contribution in [2.75, 3.05) is 19.6 Å². The molecule has 1 rings (SSSR count). The van der Waals surface area contributed by atoms with Crippen molar-refractivity contribution in [2.45, 2.75) is 38.6 Å². The minimum Gasteiger partial charge on any atom is -0.352 e. The molecule has 4 heteroatoms. The molecule has 1 aliphatic rings. The number of hydrogen-bond acceptors (Lipinski definition) is 3. The van der Waals surface area contributed by atoms with Gasteiger partial charge in [-0.3, -0.25) is 9.69 Å². The maximum Gasteiger partial charge on any atom is 0.234 e. The Hall–Kier alpha value is -1.08. The fourth-order valence-electron chi connectivity index (χ4n) is 1.93. The number of nitrogens with zero attached hydrogens (tertiary/aromatic N) is 2. The molecular weight excluding hydrogens is 190 g/mol. The fourth-order valence-corrected chi connectivity index (χ4v) is 1.93. The minimum absolute atomic E-state index is 0.0546. The largest absolute Gasteiger partial charge is 0.352 e. The van der Waals surface area contributed by atoms with Crippen molar-refractivity contribution < 1.29 is 4.79 Å². The number of hydrogen-bond donors (Lipinski definition) is 1. The maximum absolute atomic E-state index is 11.6. The highest BCUT2D eigenvalue weighted by Gasteiger charge is 2.17. The lowest BCUT2D eigenvalue weighted by Gasteiger charge is -2.18. The second kappa shape index (κ2) is 6.41. The summed E-state index contributed by atoms with van der Waals surface area (Å²) in [6.45, 7) is 3.38. The van der Waals surface area contributed by atoms with Gasteiger partial charge in [-0.15, -0.1) is 0 Å². The summed E-state index contributed by atoms with van der Waals surface area (Å²) in [7, 11) is 0. The van der Waals surface area contributed by atoms with Crippen LogP contribution in [0, 0.1) is 11.3 Å². The Morgan fingerprint density at radius 1 is 1.53 bits per heavy atom. The molecule has 0 spiro atoms. The SMILES string of the molecule is CCN(CC#N)CC(=O)NC1CCCC1. The zero-order chi connectivity index (χ0) is 11.1. The van der Waals surface area contributed by atoms with Crippen molar-refractivity contribution in [3.05, 3.63) is 0 Å². The van der Waals surface area contributed by atoms with Gasteiger partial charge in [0.2, 0.25) is 5.91 Å². The van der Waals surface area contributed by atoms with E-state index in [0.29, 0.717) is 19.1 Å². The summed E-state index contributed by atoms with van der Waals surface area (Å²) in [6, 6.07) is 2.44. The van der Waals surface area contributed by atoms with Gasteiger partial charge in [0.1, 0.15) is 0 Å². The van der Waals surface area contributed by atoms with Crippen LogP contribution >= 0.6 is 0 Å². The Labute approximate surface area is 91.2 Å². The Balaban J connectivity index is 2.24. The van der Waals surface area contributed by atoms with Gasteiger partial charge in [-0.05, 0) is 19.4 Å². The van der Waals surface area contributed by atoms with Crippen LogP contribution in [0.1, 0.15) is 32.6 Å². The van der Waals surface area contributed by atoms with Crippen LogP contribution in [0.5, 0.6) is 0 Å². The summed E-state index contributed by atoms with van der Waals surface area (Å²) < 4.78 is 0. The smallest absolute Gasteiger partial charge is 0.234 e. The van der Waals surface area contributed by atoms with Gasteiger partial charge in [0.15, 0.2) is 0 Å². The van der Waals surface area contributed by atoms with E-state index in [1.807, 2.05) is 11.8 Å². The van der Waals surface area contributed by atoms with Crippen LogP contribution in [0.3, 0.4) is 0 Å². The van der Waals surface area contributed by atoms with E-state index in [1.165, 1.54) is 12.8 Å². The molecule has 15 heavy (non-hydrogen) atoms. The first-order valence-electron chi connectivity index (χ1n) is 5.65. The zero-order valence-corrected chi connectivity index (χ0v) is 9.33. The number of carbonyl (C=O) groups is 1. The highest BCUT2D eigenvalue weighted by Crippen LogP contribution is 2.17. The standard InChI is InChI=1S/C11H19N3O/c1-2-14(8-7-12)9-11(15)13-10-5-3-4-6-10/h10H,2-6,8-9H2,1H3,(H,13,15). The van der Waals surface area contributed by atoms with E-state index in [0.717, 1.165) is 19.4 Å². The topological polar surface area (TPSA) is 56.1 Å². The molecule has 0 bridgehead atoms. The van der Waals surface area contributed by atoms with Gasteiger partial charge in [-0.2, -0.15) is 5.26 Å². The number of likely N-dealkylation sites (N-methyl/N-ethyl adjacent to an activating group) is 1. The third-order valence-electron chi connectivity index (χ3n) is 2.83. The van der Waals surface area contributed by atoms with Gasteiger partial charge in [-0.1, -0.05) is 19.8 Å². The molecule has 0 saturated heterocycles. The van der Waals surface area contributed by atoms with Crippen molar-refractivity contribution >= 4 is 5.91 Å². The summed E-state index contributed by atoms with van der Waals surface area (Å²) in [6.07, 6.45) is 4.66. The quantitative estimate of drug-likeness (QED) is 0.684. The first-order chi connectivity index (χ1) is 7.26. The maximum atomic E-state index is 11.6. The fraction of sp³-hybridized carbons (Fsp3) is 0.818. The Bertz CT molecular complexity index is 241. The van der Waals surface area contributed by atoms with Crippen LogP contribution in [0.2, 0.25) is 0 Å². The average Bonchev–Trinajstić information content (AvgIpc) is 2.69. The van der Waals surface area contributed by atoms with Gasteiger partial charge in [0.25, 0.3) is 0 Å². The van der Waals surface area contributed by atoms with Crippen LogP contribution in [0.4, 0.5) is 0 Å². The van der Waals surface area contributed by atoms with E-state index < -0.39 is 0 Å². The molecule has 0 aromatic heterocycles. The molecule has 0 unspecified atom stereocenters. The first kappa shape index (κ1) is 12.0. The lowest BCUT2D eigenvalue weighted by molar-refractivity contribution is -0.122. The molecular formula is C11H19N3O. The summed E-state index contributed by atoms with van der Waals surface area (Å²) in [5.74, 6) is 0.0546. The third kappa shape index (κ3) is 4.30. The summed E-state index contributed by atoms with van der Waals surface area (Å²) in [4.78, 5) is 13.4. The van der Waals surface area contributed by atoms with Crippen LogP contribution < -0.4 is 5.32 Å². The van der Waals surface area contributed by atoms with Crippen LogP contribution in [0.25, 0.3) is 0 Å². The summed E-state index contributed by atoms with van der Waals surface area (Å²) in [5, 5.41) is 11.6. The van der Waals surface area contributed by atoms with Gasteiger partial charge >= 0.3 is 0 Å². The first-order valence-corrected chi connectivity index (χ1v) is 5.65. The molecule has 1 aliphatic carbocycles. The highest BCUT2D eigenvalue weighted by atomic mass is 16.2. The van der Waals surface area contributed by atoms with E-state index in [-0.39, 0.29) is 5.91 Å². The van der Waals surface area contributed by atoms with E-state index in [4.69, 9.17) is 5.26 Å². The molecule has 0 aromatic carbocycles. The van der Waals surface area contributed by atoms with E-state index in [1.54, 1.807) is 0 Å². The average molecular weight is 209 g/mol. The molecule has 0 heterocycles. The Kier molecular flexibility index (Phi) is 5.13. The number of carbonyl (C=O) groups excluding carboxylic acids is 1. The molecule has 84 valence electrons.